The third kappa shape index (κ3) is 5.79. The highest BCUT2D eigenvalue weighted by atomic mass is 35.5. The van der Waals surface area contributed by atoms with Gasteiger partial charge in [0.25, 0.3) is 0 Å². The molecule has 3 fully saturated rings. The van der Waals surface area contributed by atoms with Crippen molar-refractivity contribution in [1.82, 2.24) is 20.1 Å². The number of nitrogens with one attached hydrogen (secondary N) is 1. The van der Waals surface area contributed by atoms with Crippen LogP contribution in [0.4, 0.5) is 5.69 Å². The topological polar surface area (TPSA) is 75.5 Å². The second-order valence-corrected chi connectivity index (χ2v) is 9.24. The highest BCUT2D eigenvalue weighted by Gasteiger charge is 2.36. The lowest BCUT2D eigenvalue weighted by molar-refractivity contribution is -0.131. The Morgan fingerprint density at radius 1 is 1.12 bits per heavy atom. The van der Waals surface area contributed by atoms with Crippen LogP contribution >= 0.6 is 49.0 Å². The van der Waals surface area contributed by atoms with Crippen molar-refractivity contribution in [2.75, 3.05) is 55.8 Å². The van der Waals surface area contributed by atoms with E-state index in [4.69, 9.17) is 0 Å². The van der Waals surface area contributed by atoms with E-state index in [1.165, 1.54) is 0 Å². The fourth-order valence-electron chi connectivity index (χ4n) is 4.80. The number of nitriles is 1. The number of carbonyl (C=O) groups excluding carboxylic acids is 1. The number of thioether (sulfide) groups is 1. The number of hydrogen-bond donors (Lipinski definition) is 1. The number of aromatic nitrogens is 1. The number of halogens is 3. The quantitative estimate of drug-likeness (QED) is 0.653. The van der Waals surface area contributed by atoms with Gasteiger partial charge in [-0.15, -0.1) is 49.0 Å². The van der Waals surface area contributed by atoms with Gasteiger partial charge in [0.2, 0.25) is 5.91 Å². The van der Waals surface area contributed by atoms with Crippen molar-refractivity contribution < 1.29 is 4.79 Å². The van der Waals surface area contributed by atoms with Crippen molar-refractivity contribution in [3.05, 3.63) is 36.0 Å². The molecule has 0 unspecified atom stereocenters. The monoisotopic (exact) mass is 530 g/mol. The number of para-hydroxylation sites is 1. The SMILES string of the molecule is Cl.Cl.Cl.N#Cc1cc(N2CCN([C@@H]3CN[C@H](C(=O)N4CCSC4)C3)CC2)c2ccccc2n1. The van der Waals surface area contributed by atoms with Crippen LogP contribution in [0.2, 0.25) is 0 Å². The summed E-state index contributed by atoms with van der Waals surface area (Å²) in [6.07, 6.45) is 0.900. The Balaban J connectivity index is 0.00000128. The van der Waals surface area contributed by atoms with Crippen LogP contribution in [0.3, 0.4) is 0 Å². The fourth-order valence-corrected chi connectivity index (χ4v) is 5.75. The van der Waals surface area contributed by atoms with E-state index in [9.17, 15) is 10.1 Å². The van der Waals surface area contributed by atoms with Crippen LogP contribution in [0.1, 0.15) is 12.1 Å². The van der Waals surface area contributed by atoms with Gasteiger partial charge in [-0.2, -0.15) is 5.26 Å². The smallest absolute Gasteiger partial charge is 0.240 e. The molecular formula is C22H29Cl3N6OS. The molecule has 1 amide bonds. The first-order chi connectivity index (χ1) is 14.7. The first-order valence-corrected chi connectivity index (χ1v) is 11.8. The molecule has 4 heterocycles. The Morgan fingerprint density at radius 3 is 2.58 bits per heavy atom. The minimum atomic E-state index is -0.0333. The molecule has 0 radical (unpaired) electrons. The van der Waals surface area contributed by atoms with Gasteiger partial charge in [-0.05, 0) is 18.6 Å². The Labute approximate surface area is 217 Å². The van der Waals surface area contributed by atoms with E-state index in [0.717, 1.165) is 73.9 Å². The summed E-state index contributed by atoms with van der Waals surface area (Å²) in [6.45, 7) is 5.52. The van der Waals surface area contributed by atoms with Crippen LogP contribution in [-0.4, -0.2) is 83.7 Å². The van der Waals surface area contributed by atoms with E-state index in [-0.39, 0.29) is 49.2 Å². The summed E-state index contributed by atoms with van der Waals surface area (Å²) in [7, 11) is 0. The van der Waals surface area contributed by atoms with Gasteiger partial charge in [0.1, 0.15) is 11.8 Å². The molecule has 3 aliphatic rings. The van der Waals surface area contributed by atoms with Crippen molar-refractivity contribution in [1.29, 1.82) is 5.26 Å². The molecule has 2 aromatic rings. The Morgan fingerprint density at radius 2 is 1.88 bits per heavy atom. The number of piperazine rings is 1. The summed E-state index contributed by atoms with van der Waals surface area (Å²) in [6, 6.07) is 12.5. The molecule has 3 saturated heterocycles. The van der Waals surface area contributed by atoms with Crippen LogP contribution in [-0.2, 0) is 4.79 Å². The molecule has 180 valence electrons. The minimum absolute atomic E-state index is 0. The van der Waals surface area contributed by atoms with Gasteiger partial charge in [-0.1, -0.05) is 18.2 Å². The third-order valence-electron chi connectivity index (χ3n) is 6.45. The number of anilines is 1. The molecule has 0 saturated carbocycles. The zero-order chi connectivity index (χ0) is 20.5. The molecule has 1 aromatic carbocycles. The van der Waals surface area contributed by atoms with Gasteiger partial charge in [0.15, 0.2) is 0 Å². The first-order valence-electron chi connectivity index (χ1n) is 10.6. The van der Waals surface area contributed by atoms with Gasteiger partial charge in [-0.25, -0.2) is 4.98 Å². The van der Waals surface area contributed by atoms with Crippen molar-refractivity contribution >= 4 is 71.5 Å². The standard InChI is InChI=1S/C22H26N6OS.3ClH/c23-13-16-11-21(18-3-1-2-4-19(18)25-16)27-7-5-26(6-8-27)17-12-20(24-14-17)22(29)28-9-10-30-15-28;;;/h1-4,11,17,20,24H,5-10,12,14-15H2;3*1H/t17-,20-;;;/m0.../s1. The van der Waals surface area contributed by atoms with Crippen molar-refractivity contribution in [3.8, 4) is 6.07 Å². The molecule has 0 aliphatic carbocycles. The predicted molar refractivity (Wildman–Crippen MR) is 141 cm³/mol. The van der Waals surface area contributed by atoms with Crippen LogP contribution in [0.15, 0.2) is 30.3 Å². The lowest BCUT2D eigenvalue weighted by Gasteiger charge is -2.39. The predicted octanol–water partition coefficient (Wildman–Crippen LogP) is 2.76. The van der Waals surface area contributed by atoms with Gasteiger partial charge in [0, 0.05) is 62.1 Å². The third-order valence-corrected chi connectivity index (χ3v) is 7.42. The highest BCUT2D eigenvalue weighted by Crippen LogP contribution is 2.28. The summed E-state index contributed by atoms with van der Waals surface area (Å²) in [5.41, 5.74) is 2.43. The zero-order valence-corrected chi connectivity index (χ0v) is 21.4. The number of benzene rings is 1. The maximum Gasteiger partial charge on any atom is 0.240 e. The average molecular weight is 532 g/mol. The van der Waals surface area contributed by atoms with E-state index in [1.54, 1.807) is 0 Å². The minimum Gasteiger partial charge on any atom is -0.368 e. The summed E-state index contributed by atoms with van der Waals surface area (Å²) >= 11 is 1.84. The summed E-state index contributed by atoms with van der Waals surface area (Å²) in [5.74, 6) is 2.17. The molecular weight excluding hydrogens is 503 g/mol. The molecule has 1 aromatic heterocycles. The lowest BCUT2D eigenvalue weighted by Crippen LogP contribution is -2.51. The number of nitrogens with zero attached hydrogens (tertiary/aromatic N) is 5. The fraction of sp³-hybridized carbons (Fsp3) is 0.500. The molecule has 11 heteroatoms. The number of carbonyl (C=O) groups is 1. The Bertz CT molecular complexity index is 992. The summed E-state index contributed by atoms with van der Waals surface area (Å²) in [4.78, 5) is 24.0. The van der Waals surface area contributed by atoms with E-state index >= 15 is 0 Å². The van der Waals surface area contributed by atoms with Crippen LogP contribution in [0.25, 0.3) is 10.9 Å². The van der Waals surface area contributed by atoms with Gasteiger partial charge < -0.3 is 15.1 Å². The molecule has 7 nitrogen and oxygen atoms in total. The van der Waals surface area contributed by atoms with Gasteiger partial charge in [-0.3, -0.25) is 9.69 Å². The zero-order valence-electron chi connectivity index (χ0n) is 18.2. The second kappa shape index (κ2) is 12.3. The maximum atomic E-state index is 12.7. The van der Waals surface area contributed by atoms with E-state index in [2.05, 4.69) is 32.2 Å². The number of fused-ring (bicyclic) bond motifs is 1. The molecule has 1 N–H and O–H groups in total. The van der Waals surface area contributed by atoms with Crippen LogP contribution < -0.4 is 10.2 Å². The maximum absolute atomic E-state index is 12.7. The number of rotatable bonds is 3. The van der Waals surface area contributed by atoms with Crippen LogP contribution in [0.5, 0.6) is 0 Å². The van der Waals surface area contributed by atoms with Gasteiger partial charge in [0.05, 0.1) is 17.4 Å². The average Bonchev–Trinajstić information content (AvgIpc) is 3.51. The molecule has 2 atom stereocenters. The summed E-state index contributed by atoms with van der Waals surface area (Å²) < 4.78 is 0. The molecule has 0 bridgehead atoms. The van der Waals surface area contributed by atoms with Gasteiger partial charge >= 0.3 is 0 Å². The van der Waals surface area contributed by atoms with E-state index < -0.39 is 0 Å². The largest absolute Gasteiger partial charge is 0.368 e. The van der Waals surface area contributed by atoms with Crippen molar-refractivity contribution in [2.45, 2.75) is 18.5 Å². The number of pyridine rings is 1. The lowest BCUT2D eigenvalue weighted by atomic mass is 10.1. The van der Waals surface area contributed by atoms with Crippen LogP contribution in [0, 0.1) is 11.3 Å². The van der Waals surface area contributed by atoms with Crippen molar-refractivity contribution in [3.63, 3.8) is 0 Å². The normalized spacial score (nSPS) is 22.8. The Kier molecular flexibility index (Phi) is 10.3. The first kappa shape index (κ1) is 27.8. The molecule has 33 heavy (non-hydrogen) atoms. The summed E-state index contributed by atoms with van der Waals surface area (Å²) in [5, 5.41) is 13.9. The molecule has 3 aliphatic heterocycles. The molecule has 0 spiro atoms. The second-order valence-electron chi connectivity index (χ2n) is 8.17. The van der Waals surface area contributed by atoms with E-state index in [1.807, 2.05) is 40.9 Å². The van der Waals surface area contributed by atoms with Crippen molar-refractivity contribution in [2.24, 2.45) is 0 Å². The Hall–Kier alpha value is -1.47. The number of hydrogen-bond acceptors (Lipinski definition) is 7. The number of amides is 1. The van der Waals surface area contributed by atoms with E-state index in [0.29, 0.717) is 11.7 Å². The highest BCUT2D eigenvalue weighted by molar-refractivity contribution is 7.99. The molecule has 5 rings (SSSR count).